The number of hydrogen-bond acceptors (Lipinski definition) is 2. The van der Waals surface area contributed by atoms with Gasteiger partial charge in [-0.3, -0.25) is 4.90 Å². The summed E-state index contributed by atoms with van der Waals surface area (Å²) in [6.07, 6.45) is 10.4. The molecule has 0 amide bonds. The third-order valence-electron chi connectivity index (χ3n) is 4.74. The number of β-amino-alcohol motifs (C(OH)–C–C–N with tert-alkyl or cyclic N) is 1. The maximum atomic E-state index is 10.7. The van der Waals surface area contributed by atoms with Crippen LogP contribution in [-0.4, -0.2) is 34.7 Å². The first-order chi connectivity index (χ1) is 7.28. The van der Waals surface area contributed by atoms with Crippen LogP contribution in [0.2, 0.25) is 0 Å². The van der Waals surface area contributed by atoms with Crippen LogP contribution in [0.25, 0.3) is 0 Å². The fourth-order valence-corrected chi connectivity index (χ4v) is 3.57. The molecule has 0 spiro atoms. The Morgan fingerprint density at radius 3 is 2.40 bits per heavy atom. The van der Waals surface area contributed by atoms with Crippen molar-refractivity contribution >= 4 is 0 Å². The van der Waals surface area contributed by atoms with E-state index in [0.29, 0.717) is 5.92 Å². The Hall–Kier alpha value is -0.0800. The molecule has 3 aliphatic rings. The van der Waals surface area contributed by atoms with Gasteiger partial charge in [0, 0.05) is 19.1 Å². The molecule has 2 aliphatic carbocycles. The van der Waals surface area contributed by atoms with Gasteiger partial charge in [0.25, 0.3) is 0 Å². The van der Waals surface area contributed by atoms with Crippen molar-refractivity contribution in [1.29, 1.82) is 0 Å². The molecule has 2 heteroatoms. The molecular weight excluding hydrogens is 186 g/mol. The number of hydrogen-bond donors (Lipinski definition) is 1. The van der Waals surface area contributed by atoms with Crippen molar-refractivity contribution in [3.05, 3.63) is 0 Å². The minimum Gasteiger partial charge on any atom is -0.388 e. The SMILES string of the molecule is OC1(C2CCCCC2)CCN(C2CC2)C1. The molecule has 15 heavy (non-hydrogen) atoms. The van der Waals surface area contributed by atoms with Gasteiger partial charge < -0.3 is 5.11 Å². The van der Waals surface area contributed by atoms with E-state index in [1.807, 2.05) is 0 Å². The van der Waals surface area contributed by atoms with Crippen LogP contribution >= 0.6 is 0 Å². The van der Waals surface area contributed by atoms with E-state index in [1.54, 1.807) is 0 Å². The minimum atomic E-state index is -0.316. The second-order valence-electron chi connectivity index (χ2n) is 5.89. The van der Waals surface area contributed by atoms with E-state index >= 15 is 0 Å². The summed E-state index contributed by atoms with van der Waals surface area (Å²) in [5.74, 6) is 0.606. The highest BCUT2D eigenvalue weighted by molar-refractivity contribution is 5.00. The Balaban J connectivity index is 1.63. The van der Waals surface area contributed by atoms with Gasteiger partial charge in [-0.15, -0.1) is 0 Å². The molecule has 0 aromatic heterocycles. The predicted octanol–water partition coefficient (Wildman–Crippen LogP) is 2.17. The summed E-state index contributed by atoms with van der Waals surface area (Å²) in [6.45, 7) is 2.12. The lowest BCUT2D eigenvalue weighted by Gasteiger charge is -2.35. The maximum absolute atomic E-state index is 10.7. The highest BCUT2D eigenvalue weighted by Gasteiger charge is 2.46. The fraction of sp³-hybridized carbons (Fsp3) is 1.00. The van der Waals surface area contributed by atoms with Crippen molar-refractivity contribution in [2.45, 2.75) is 63.0 Å². The smallest absolute Gasteiger partial charge is 0.0814 e. The summed E-state index contributed by atoms with van der Waals surface area (Å²) >= 11 is 0. The zero-order valence-corrected chi connectivity index (χ0v) is 9.62. The van der Waals surface area contributed by atoms with Gasteiger partial charge in [-0.2, -0.15) is 0 Å². The number of rotatable bonds is 2. The molecule has 1 saturated heterocycles. The predicted molar refractivity (Wildman–Crippen MR) is 60.7 cm³/mol. The molecule has 0 radical (unpaired) electrons. The number of nitrogens with zero attached hydrogens (tertiary/aromatic N) is 1. The molecule has 0 aromatic rings. The normalized spacial score (nSPS) is 39.8. The average Bonchev–Trinajstić information content (AvgIpc) is 3.04. The summed E-state index contributed by atoms with van der Waals surface area (Å²) in [4.78, 5) is 2.54. The molecule has 2 saturated carbocycles. The first-order valence-corrected chi connectivity index (χ1v) is 6.74. The van der Waals surface area contributed by atoms with Gasteiger partial charge in [0.15, 0.2) is 0 Å². The Kier molecular flexibility index (Phi) is 2.52. The highest BCUT2D eigenvalue weighted by Crippen LogP contribution is 2.41. The van der Waals surface area contributed by atoms with E-state index in [0.717, 1.165) is 25.6 Å². The summed E-state index contributed by atoms with van der Waals surface area (Å²) in [5, 5.41) is 10.7. The first-order valence-electron chi connectivity index (χ1n) is 6.74. The summed E-state index contributed by atoms with van der Waals surface area (Å²) in [7, 11) is 0. The van der Waals surface area contributed by atoms with Crippen molar-refractivity contribution in [2.24, 2.45) is 5.92 Å². The van der Waals surface area contributed by atoms with Crippen molar-refractivity contribution < 1.29 is 5.11 Å². The summed E-state index contributed by atoms with van der Waals surface area (Å²) in [5.41, 5.74) is -0.316. The van der Waals surface area contributed by atoms with Crippen LogP contribution in [0.1, 0.15) is 51.4 Å². The van der Waals surface area contributed by atoms with Gasteiger partial charge >= 0.3 is 0 Å². The molecular formula is C13H23NO. The van der Waals surface area contributed by atoms with Crippen LogP contribution in [0.5, 0.6) is 0 Å². The molecule has 1 unspecified atom stereocenters. The lowest BCUT2D eigenvalue weighted by Crippen LogP contribution is -2.42. The molecule has 1 heterocycles. The van der Waals surface area contributed by atoms with Gasteiger partial charge in [0.2, 0.25) is 0 Å². The second kappa shape index (κ2) is 3.74. The number of likely N-dealkylation sites (tertiary alicyclic amines) is 1. The van der Waals surface area contributed by atoms with Gasteiger partial charge in [-0.25, -0.2) is 0 Å². The maximum Gasteiger partial charge on any atom is 0.0814 e. The van der Waals surface area contributed by atoms with Crippen LogP contribution in [0.4, 0.5) is 0 Å². The Morgan fingerprint density at radius 1 is 1.00 bits per heavy atom. The Morgan fingerprint density at radius 2 is 1.73 bits per heavy atom. The molecule has 3 fully saturated rings. The molecule has 1 aliphatic heterocycles. The minimum absolute atomic E-state index is 0.316. The molecule has 0 bridgehead atoms. The van der Waals surface area contributed by atoms with Crippen molar-refractivity contribution in [3.8, 4) is 0 Å². The van der Waals surface area contributed by atoms with E-state index in [4.69, 9.17) is 0 Å². The summed E-state index contributed by atoms with van der Waals surface area (Å²) in [6, 6.07) is 0.836. The molecule has 0 aromatic carbocycles. The van der Waals surface area contributed by atoms with E-state index in [1.165, 1.54) is 44.9 Å². The van der Waals surface area contributed by atoms with Gasteiger partial charge in [0.05, 0.1) is 5.60 Å². The highest BCUT2D eigenvalue weighted by atomic mass is 16.3. The van der Waals surface area contributed by atoms with Crippen molar-refractivity contribution in [2.75, 3.05) is 13.1 Å². The third-order valence-corrected chi connectivity index (χ3v) is 4.74. The molecule has 2 nitrogen and oxygen atoms in total. The summed E-state index contributed by atoms with van der Waals surface area (Å²) < 4.78 is 0. The Bertz CT molecular complexity index is 233. The standard InChI is InChI=1S/C13H23NO/c15-13(11-4-2-1-3-5-11)8-9-14(10-13)12-6-7-12/h11-12,15H,1-10H2. The molecule has 1 atom stereocenters. The quantitative estimate of drug-likeness (QED) is 0.753. The third kappa shape index (κ3) is 1.94. The zero-order chi connectivity index (χ0) is 10.3. The molecule has 1 N–H and O–H groups in total. The van der Waals surface area contributed by atoms with E-state index < -0.39 is 0 Å². The van der Waals surface area contributed by atoms with Gasteiger partial charge in [0.1, 0.15) is 0 Å². The second-order valence-corrected chi connectivity index (χ2v) is 5.89. The number of aliphatic hydroxyl groups is 1. The van der Waals surface area contributed by atoms with Crippen LogP contribution in [0, 0.1) is 5.92 Å². The van der Waals surface area contributed by atoms with Gasteiger partial charge in [-0.05, 0) is 38.0 Å². The Labute approximate surface area is 92.7 Å². The van der Waals surface area contributed by atoms with Crippen molar-refractivity contribution in [1.82, 2.24) is 4.90 Å². The largest absolute Gasteiger partial charge is 0.388 e. The molecule has 3 rings (SSSR count). The molecule has 86 valence electrons. The monoisotopic (exact) mass is 209 g/mol. The van der Waals surface area contributed by atoms with Gasteiger partial charge in [-0.1, -0.05) is 19.3 Å². The van der Waals surface area contributed by atoms with E-state index in [9.17, 15) is 5.11 Å². The fourth-order valence-electron chi connectivity index (χ4n) is 3.57. The lowest BCUT2D eigenvalue weighted by molar-refractivity contribution is -0.0240. The van der Waals surface area contributed by atoms with Crippen LogP contribution in [0.15, 0.2) is 0 Å². The average molecular weight is 209 g/mol. The topological polar surface area (TPSA) is 23.5 Å². The lowest BCUT2D eigenvalue weighted by atomic mass is 9.76. The van der Waals surface area contributed by atoms with E-state index in [-0.39, 0.29) is 5.60 Å². The zero-order valence-electron chi connectivity index (χ0n) is 9.62. The van der Waals surface area contributed by atoms with Crippen LogP contribution in [-0.2, 0) is 0 Å². The van der Waals surface area contributed by atoms with E-state index in [2.05, 4.69) is 4.90 Å². The van der Waals surface area contributed by atoms with Crippen molar-refractivity contribution in [3.63, 3.8) is 0 Å². The first kappa shape index (κ1) is 10.1. The van der Waals surface area contributed by atoms with Crippen LogP contribution in [0.3, 0.4) is 0 Å². The van der Waals surface area contributed by atoms with Crippen LogP contribution < -0.4 is 0 Å².